The van der Waals surface area contributed by atoms with E-state index in [9.17, 15) is 25.2 Å². The predicted molar refractivity (Wildman–Crippen MR) is 160 cm³/mol. The van der Waals surface area contributed by atoms with E-state index >= 15 is 0 Å². The highest BCUT2D eigenvalue weighted by Crippen LogP contribution is 2.72. The Labute approximate surface area is 248 Å². The smallest absolute Gasteiger partial charge is 0.310 e. The molecule has 0 heterocycles. The van der Waals surface area contributed by atoms with E-state index in [4.69, 9.17) is 4.74 Å². The molecule has 0 aromatic carbocycles. The number of rotatable bonds is 7. The molecule has 0 radical (unpaired) electrons. The third kappa shape index (κ3) is 4.95. The van der Waals surface area contributed by atoms with Gasteiger partial charge in [-0.1, -0.05) is 46.3 Å². The number of carboxylic acid groups (broad SMARTS) is 1. The minimum absolute atomic E-state index is 0.0734. The Kier molecular flexibility index (Phi) is 8.36. The van der Waals surface area contributed by atoms with Gasteiger partial charge >= 0.3 is 5.97 Å². The second-order valence-electron chi connectivity index (χ2n) is 16.4. The van der Waals surface area contributed by atoms with Crippen molar-refractivity contribution in [1.29, 1.82) is 0 Å². The predicted octanol–water partition coefficient (Wildman–Crippen LogP) is 6.56. The molecule has 5 rings (SSSR count). The highest BCUT2D eigenvalue weighted by molar-refractivity contribution is 5.76. The molecule has 234 valence electrons. The lowest BCUT2D eigenvalue weighted by Gasteiger charge is -2.68. The summed E-state index contributed by atoms with van der Waals surface area (Å²) in [5.41, 5.74) is 1.62. The van der Waals surface area contributed by atoms with Crippen molar-refractivity contribution in [3.05, 3.63) is 11.6 Å². The summed E-state index contributed by atoms with van der Waals surface area (Å²) in [6.07, 6.45) is 10.4. The van der Waals surface area contributed by atoms with E-state index in [-0.39, 0.29) is 28.3 Å². The van der Waals surface area contributed by atoms with Crippen LogP contribution in [0.2, 0.25) is 0 Å². The standard InChI is InChI=1S/C35H58O6/c1-20-10-16-35(31(39)40)17-12-25-24(26(35)18-20)8-9-28-33(25,6)15-13-27-32(4,5)23(11-14-34(27,28)7)19-21(2)41-22(3)29(36)30(37)38/h8,20-23,25-30,36-38H,9-19H2,1-7H3,(H,39,40)/t20?,21?,22?,23-,25?,26?,27?,28?,29?,33?,34?,35?/m0/s1. The van der Waals surface area contributed by atoms with Gasteiger partial charge in [-0.3, -0.25) is 4.79 Å². The molecule has 0 aromatic heterocycles. The van der Waals surface area contributed by atoms with E-state index < -0.39 is 29.9 Å². The molecular weight excluding hydrogens is 516 g/mol. The fraction of sp³-hybridized carbons (Fsp3) is 0.914. The van der Waals surface area contributed by atoms with Gasteiger partial charge in [0.2, 0.25) is 0 Å². The summed E-state index contributed by atoms with van der Waals surface area (Å²) in [7, 11) is 0. The van der Waals surface area contributed by atoms with Gasteiger partial charge in [0.25, 0.3) is 0 Å². The number of carboxylic acids is 1. The zero-order chi connectivity index (χ0) is 30.1. The first-order valence-electron chi connectivity index (χ1n) is 16.7. The second-order valence-corrected chi connectivity index (χ2v) is 16.4. The van der Waals surface area contributed by atoms with E-state index in [1.807, 2.05) is 0 Å². The lowest BCUT2D eigenvalue weighted by atomic mass is 9.36. The maximum absolute atomic E-state index is 12.7. The van der Waals surface area contributed by atoms with Gasteiger partial charge < -0.3 is 25.2 Å². The molecule has 5 aliphatic rings. The molecule has 11 unspecified atom stereocenters. The van der Waals surface area contributed by atoms with E-state index in [0.29, 0.717) is 29.6 Å². The average molecular weight is 575 g/mol. The number of aliphatic hydroxyl groups excluding tert-OH is 2. The topological polar surface area (TPSA) is 107 Å². The molecule has 41 heavy (non-hydrogen) atoms. The Balaban J connectivity index is 1.36. The summed E-state index contributed by atoms with van der Waals surface area (Å²) >= 11 is 0. The third-order valence-corrected chi connectivity index (χ3v) is 14.1. The SMILES string of the molecule is CC1CCC2(C(=O)O)CCC3C(=CCC4C3(C)CCC3C4(C)CC[C@@H](CC(C)OC(C)C(O)C(O)O)C3(C)C)C2C1. The Bertz CT molecular complexity index is 1020. The highest BCUT2D eigenvalue weighted by Gasteiger charge is 2.65. The van der Waals surface area contributed by atoms with Crippen molar-refractivity contribution in [2.45, 2.75) is 144 Å². The molecule has 0 amide bonds. The van der Waals surface area contributed by atoms with E-state index in [0.717, 1.165) is 51.4 Å². The molecule has 4 N–H and O–H groups in total. The molecular formula is C35H58O6. The Morgan fingerprint density at radius 2 is 1.59 bits per heavy atom. The van der Waals surface area contributed by atoms with Crippen molar-refractivity contribution in [1.82, 2.24) is 0 Å². The van der Waals surface area contributed by atoms with Crippen molar-refractivity contribution < 1.29 is 30.0 Å². The van der Waals surface area contributed by atoms with Crippen LogP contribution in [0.15, 0.2) is 11.6 Å². The fourth-order valence-electron chi connectivity index (χ4n) is 11.8. The number of allylic oxidation sites excluding steroid dienone is 2. The first-order valence-corrected chi connectivity index (χ1v) is 16.7. The summed E-state index contributed by atoms with van der Waals surface area (Å²) in [5, 5.41) is 39.2. The lowest BCUT2D eigenvalue weighted by molar-refractivity contribution is -0.189. The minimum Gasteiger partial charge on any atom is -0.481 e. The molecule has 0 aliphatic heterocycles. The van der Waals surface area contributed by atoms with Crippen LogP contribution in [-0.4, -0.2) is 51.0 Å². The number of hydrogen-bond acceptors (Lipinski definition) is 5. The maximum Gasteiger partial charge on any atom is 0.310 e. The van der Waals surface area contributed by atoms with Crippen molar-refractivity contribution in [2.24, 2.45) is 57.2 Å². The van der Waals surface area contributed by atoms with E-state index in [1.165, 1.54) is 24.8 Å². The first-order chi connectivity index (χ1) is 19.1. The largest absolute Gasteiger partial charge is 0.481 e. The number of aliphatic carboxylic acids is 1. The molecule has 0 spiro atoms. The Morgan fingerprint density at radius 1 is 0.927 bits per heavy atom. The molecule has 0 bridgehead atoms. The average Bonchev–Trinajstić information content (AvgIpc) is 2.89. The van der Waals surface area contributed by atoms with Gasteiger partial charge in [0.15, 0.2) is 6.29 Å². The summed E-state index contributed by atoms with van der Waals surface area (Å²) in [6.45, 7) is 16.2. The molecule has 0 aromatic rings. The molecule has 6 nitrogen and oxygen atoms in total. The third-order valence-electron chi connectivity index (χ3n) is 14.1. The number of ether oxygens (including phenoxy) is 1. The lowest BCUT2D eigenvalue weighted by Crippen LogP contribution is -2.61. The van der Waals surface area contributed by atoms with Gasteiger partial charge in [-0.05, 0) is 136 Å². The monoisotopic (exact) mass is 574 g/mol. The molecule has 5 aliphatic carbocycles. The van der Waals surface area contributed by atoms with Crippen molar-refractivity contribution in [2.75, 3.05) is 0 Å². The Hall–Kier alpha value is -0.950. The summed E-state index contributed by atoms with van der Waals surface area (Å²) in [6, 6.07) is 0. The maximum atomic E-state index is 12.7. The molecule has 4 fully saturated rings. The zero-order valence-electron chi connectivity index (χ0n) is 26.7. The van der Waals surface area contributed by atoms with Crippen molar-refractivity contribution >= 4 is 5.97 Å². The summed E-state index contributed by atoms with van der Waals surface area (Å²) < 4.78 is 6.05. The quantitative estimate of drug-likeness (QED) is 0.203. The van der Waals surface area contributed by atoms with Gasteiger partial charge in [-0.25, -0.2) is 0 Å². The van der Waals surface area contributed by atoms with Crippen molar-refractivity contribution in [3.8, 4) is 0 Å². The number of hydrogen-bond donors (Lipinski definition) is 4. The molecule has 0 saturated heterocycles. The van der Waals surface area contributed by atoms with E-state index in [1.54, 1.807) is 6.92 Å². The molecule has 12 atom stereocenters. The van der Waals surface area contributed by atoms with Gasteiger partial charge in [0, 0.05) is 0 Å². The van der Waals surface area contributed by atoms with Gasteiger partial charge in [0.05, 0.1) is 17.6 Å². The number of carbonyl (C=O) groups is 1. The van der Waals surface area contributed by atoms with Gasteiger partial charge in [-0.15, -0.1) is 0 Å². The second kappa shape index (κ2) is 10.9. The van der Waals surface area contributed by atoms with Crippen LogP contribution in [-0.2, 0) is 9.53 Å². The number of fused-ring (bicyclic) bond motifs is 7. The van der Waals surface area contributed by atoms with Crippen molar-refractivity contribution in [3.63, 3.8) is 0 Å². The first kappa shape index (κ1) is 31.5. The summed E-state index contributed by atoms with van der Waals surface area (Å²) in [4.78, 5) is 12.7. The van der Waals surface area contributed by atoms with Gasteiger partial charge in [0.1, 0.15) is 6.10 Å². The van der Waals surface area contributed by atoms with Crippen LogP contribution in [0, 0.1) is 57.2 Å². The molecule has 4 saturated carbocycles. The van der Waals surface area contributed by atoms with E-state index in [2.05, 4.69) is 47.6 Å². The van der Waals surface area contributed by atoms with Crippen LogP contribution in [0.5, 0.6) is 0 Å². The van der Waals surface area contributed by atoms with Crippen LogP contribution in [0.1, 0.15) is 119 Å². The fourth-order valence-corrected chi connectivity index (χ4v) is 11.8. The van der Waals surface area contributed by atoms with Crippen LogP contribution in [0.25, 0.3) is 0 Å². The van der Waals surface area contributed by atoms with Crippen LogP contribution < -0.4 is 0 Å². The minimum atomic E-state index is -1.79. The van der Waals surface area contributed by atoms with Crippen LogP contribution >= 0.6 is 0 Å². The Morgan fingerprint density at radius 3 is 2.24 bits per heavy atom. The van der Waals surface area contributed by atoms with Gasteiger partial charge in [-0.2, -0.15) is 0 Å². The summed E-state index contributed by atoms with van der Waals surface area (Å²) in [5.74, 6) is 2.54. The normalized spacial score (nSPS) is 45.8. The van der Waals surface area contributed by atoms with Crippen LogP contribution in [0.3, 0.4) is 0 Å². The molecule has 6 heteroatoms. The van der Waals surface area contributed by atoms with Crippen LogP contribution in [0.4, 0.5) is 0 Å². The number of aliphatic hydroxyl groups is 3. The zero-order valence-corrected chi connectivity index (χ0v) is 26.7. The highest BCUT2D eigenvalue weighted by atomic mass is 16.5.